The van der Waals surface area contributed by atoms with Gasteiger partial charge in [-0.15, -0.1) is 10.2 Å². The number of urea groups is 1. The number of aromatic nitrogens is 3. The average Bonchev–Trinajstić information content (AvgIpc) is 3.44. The molecule has 1 saturated carbocycles. The van der Waals surface area contributed by atoms with Gasteiger partial charge in [0.05, 0.1) is 11.3 Å². The molecule has 1 atom stereocenters. The van der Waals surface area contributed by atoms with Crippen LogP contribution in [0.25, 0.3) is 11.4 Å². The number of rotatable bonds is 7. The Balaban J connectivity index is 1.46. The van der Waals surface area contributed by atoms with E-state index >= 15 is 0 Å². The van der Waals surface area contributed by atoms with E-state index < -0.39 is 29.2 Å². The number of hydrogen-bond acceptors (Lipinski definition) is 6. The van der Waals surface area contributed by atoms with Crippen molar-refractivity contribution in [3.8, 4) is 11.4 Å². The molecule has 2 aromatic rings. The molecule has 158 valence electrons. The molecule has 1 saturated heterocycles. The fourth-order valence-corrected chi connectivity index (χ4v) is 3.97. The maximum absolute atomic E-state index is 14.2. The van der Waals surface area contributed by atoms with Crippen molar-refractivity contribution in [3.63, 3.8) is 0 Å². The molecular weight excluding hydrogens is 411 g/mol. The third-order valence-electron chi connectivity index (χ3n) is 5.23. The van der Waals surface area contributed by atoms with Gasteiger partial charge in [0.25, 0.3) is 5.91 Å². The summed E-state index contributed by atoms with van der Waals surface area (Å²) in [7, 11) is 0. The molecule has 1 aliphatic carbocycles. The van der Waals surface area contributed by atoms with Crippen LogP contribution in [0.4, 0.5) is 9.18 Å². The van der Waals surface area contributed by atoms with E-state index in [4.69, 9.17) is 0 Å². The second-order valence-electron chi connectivity index (χ2n) is 7.47. The first-order valence-electron chi connectivity index (χ1n) is 9.63. The Kier molecular flexibility index (Phi) is 5.22. The summed E-state index contributed by atoms with van der Waals surface area (Å²) in [5.41, 5.74) is 1.67. The molecule has 4 rings (SSSR count). The normalized spacial score (nSPS) is 21.1. The monoisotopic (exact) mass is 432 g/mol. The van der Waals surface area contributed by atoms with Crippen LogP contribution < -0.4 is 10.7 Å². The molecule has 11 heteroatoms. The Hall–Kier alpha value is -2.95. The number of halogens is 1. The number of thioether (sulfide) groups is 1. The van der Waals surface area contributed by atoms with Crippen LogP contribution in [0.1, 0.15) is 39.2 Å². The highest BCUT2D eigenvalue weighted by Gasteiger charge is 2.47. The van der Waals surface area contributed by atoms with Crippen molar-refractivity contribution in [2.75, 3.05) is 5.75 Å². The summed E-state index contributed by atoms with van der Waals surface area (Å²) >= 11 is 1.12. The van der Waals surface area contributed by atoms with Crippen LogP contribution in [0.3, 0.4) is 0 Å². The molecule has 1 aliphatic heterocycles. The minimum Gasteiger partial charge on any atom is -0.322 e. The molecule has 2 heterocycles. The summed E-state index contributed by atoms with van der Waals surface area (Å²) in [5, 5.41) is 12.0. The highest BCUT2D eigenvalue weighted by molar-refractivity contribution is 7.99. The van der Waals surface area contributed by atoms with Crippen LogP contribution >= 0.6 is 11.8 Å². The van der Waals surface area contributed by atoms with E-state index in [1.165, 1.54) is 6.07 Å². The summed E-state index contributed by atoms with van der Waals surface area (Å²) in [4.78, 5) is 36.8. The predicted octanol–water partition coefficient (Wildman–Crippen LogP) is 2.26. The first kappa shape index (κ1) is 20.3. The standard InChI is InChI=1S/C19H21FN6O3S/c1-3-19(2)16(28)26(17(29)21-19)24-14(27)10-30-18-23-22-15(25(18)11-8-9-11)12-6-4-5-7-13(12)20/h4-7,11H,3,8-10H2,1-2H3,(H,21,29)(H,24,27). The Morgan fingerprint density at radius 1 is 1.33 bits per heavy atom. The highest BCUT2D eigenvalue weighted by Crippen LogP contribution is 2.41. The van der Waals surface area contributed by atoms with E-state index in [1.807, 2.05) is 4.57 Å². The smallest absolute Gasteiger partial charge is 0.322 e. The Morgan fingerprint density at radius 2 is 2.07 bits per heavy atom. The summed E-state index contributed by atoms with van der Waals surface area (Å²) < 4.78 is 16.1. The van der Waals surface area contributed by atoms with Crippen LogP contribution in [0.5, 0.6) is 0 Å². The van der Waals surface area contributed by atoms with Gasteiger partial charge in [0.1, 0.15) is 11.4 Å². The van der Waals surface area contributed by atoms with E-state index in [9.17, 15) is 18.8 Å². The maximum atomic E-state index is 14.2. The molecule has 0 radical (unpaired) electrons. The lowest BCUT2D eigenvalue weighted by molar-refractivity contribution is -0.137. The van der Waals surface area contributed by atoms with Crippen LogP contribution in [0, 0.1) is 5.82 Å². The molecule has 2 fully saturated rings. The van der Waals surface area contributed by atoms with Crippen LogP contribution in [-0.2, 0) is 9.59 Å². The van der Waals surface area contributed by atoms with Gasteiger partial charge in [0.2, 0.25) is 5.91 Å². The summed E-state index contributed by atoms with van der Waals surface area (Å²) in [6, 6.07) is 5.84. The first-order valence-corrected chi connectivity index (χ1v) is 10.6. The maximum Gasteiger partial charge on any atom is 0.344 e. The van der Waals surface area contributed by atoms with Gasteiger partial charge in [-0.05, 0) is 38.3 Å². The van der Waals surface area contributed by atoms with Crippen molar-refractivity contribution >= 4 is 29.6 Å². The first-order chi connectivity index (χ1) is 14.3. The van der Waals surface area contributed by atoms with Gasteiger partial charge in [-0.2, -0.15) is 5.01 Å². The van der Waals surface area contributed by atoms with Crippen molar-refractivity contribution in [1.29, 1.82) is 0 Å². The zero-order valence-corrected chi connectivity index (χ0v) is 17.3. The molecular formula is C19H21FN6O3S. The summed E-state index contributed by atoms with van der Waals surface area (Å²) in [5.74, 6) is -1.08. The molecule has 2 N–H and O–H groups in total. The molecule has 9 nitrogen and oxygen atoms in total. The summed E-state index contributed by atoms with van der Waals surface area (Å²) in [6.07, 6.45) is 2.26. The van der Waals surface area contributed by atoms with Gasteiger partial charge in [0.15, 0.2) is 11.0 Å². The lowest BCUT2D eigenvalue weighted by Gasteiger charge is -2.19. The predicted molar refractivity (Wildman–Crippen MR) is 107 cm³/mol. The number of carbonyl (C=O) groups excluding carboxylic acids is 3. The van der Waals surface area contributed by atoms with E-state index in [-0.39, 0.29) is 11.8 Å². The minimum atomic E-state index is -1.03. The molecule has 1 aromatic carbocycles. The Bertz CT molecular complexity index is 1020. The van der Waals surface area contributed by atoms with E-state index in [2.05, 4.69) is 20.9 Å². The number of carbonyl (C=O) groups is 3. The van der Waals surface area contributed by atoms with Crippen LogP contribution in [0.2, 0.25) is 0 Å². The topological polar surface area (TPSA) is 109 Å². The second-order valence-corrected chi connectivity index (χ2v) is 8.41. The van der Waals surface area contributed by atoms with E-state index in [0.717, 1.165) is 24.6 Å². The number of benzene rings is 1. The number of hydrazine groups is 1. The molecule has 0 bridgehead atoms. The van der Waals surface area contributed by atoms with Gasteiger partial charge in [0, 0.05) is 6.04 Å². The number of nitrogens with one attached hydrogen (secondary N) is 2. The zero-order chi connectivity index (χ0) is 21.5. The third-order valence-corrected chi connectivity index (χ3v) is 6.17. The minimum absolute atomic E-state index is 0.0813. The fourth-order valence-electron chi connectivity index (χ4n) is 3.18. The van der Waals surface area contributed by atoms with Crippen molar-refractivity contribution < 1.29 is 18.8 Å². The van der Waals surface area contributed by atoms with Gasteiger partial charge < -0.3 is 5.32 Å². The lowest BCUT2D eigenvalue weighted by Crippen LogP contribution is -2.49. The van der Waals surface area contributed by atoms with Crippen LogP contribution in [-0.4, -0.2) is 48.9 Å². The number of nitrogens with zero attached hydrogens (tertiary/aromatic N) is 4. The highest BCUT2D eigenvalue weighted by atomic mass is 32.2. The van der Waals surface area contributed by atoms with Crippen molar-refractivity contribution in [1.82, 2.24) is 30.5 Å². The number of hydrogen-bond donors (Lipinski definition) is 2. The number of imide groups is 1. The largest absolute Gasteiger partial charge is 0.344 e. The summed E-state index contributed by atoms with van der Waals surface area (Å²) in [6.45, 7) is 3.38. The van der Waals surface area contributed by atoms with Gasteiger partial charge >= 0.3 is 6.03 Å². The van der Waals surface area contributed by atoms with Crippen molar-refractivity contribution in [3.05, 3.63) is 30.1 Å². The van der Waals surface area contributed by atoms with Crippen molar-refractivity contribution in [2.45, 2.75) is 49.8 Å². The molecule has 4 amide bonds. The lowest BCUT2D eigenvalue weighted by atomic mass is 10.00. The molecule has 0 spiro atoms. The van der Waals surface area contributed by atoms with Crippen molar-refractivity contribution in [2.24, 2.45) is 0 Å². The molecule has 1 unspecified atom stereocenters. The third kappa shape index (κ3) is 3.64. The van der Waals surface area contributed by atoms with Crippen LogP contribution in [0.15, 0.2) is 29.4 Å². The quantitative estimate of drug-likeness (QED) is 0.513. The van der Waals surface area contributed by atoms with E-state index in [1.54, 1.807) is 32.0 Å². The fraction of sp³-hybridized carbons (Fsp3) is 0.421. The molecule has 2 aliphatic rings. The zero-order valence-electron chi connectivity index (χ0n) is 16.5. The average molecular weight is 432 g/mol. The molecule has 1 aromatic heterocycles. The Morgan fingerprint density at radius 3 is 2.70 bits per heavy atom. The van der Waals surface area contributed by atoms with Gasteiger partial charge in [-0.3, -0.25) is 19.6 Å². The van der Waals surface area contributed by atoms with E-state index in [0.29, 0.717) is 28.0 Å². The number of amides is 4. The van der Waals surface area contributed by atoms with Gasteiger partial charge in [-0.1, -0.05) is 30.8 Å². The molecule has 30 heavy (non-hydrogen) atoms. The second kappa shape index (κ2) is 7.71. The Labute approximate surface area is 176 Å². The van der Waals surface area contributed by atoms with Gasteiger partial charge in [-0.25, -0.2) is 9.18 Å². The SMILES string of the molecule is CCC1(C)NC(=O)N(NC(=O)CSc2nnc(-c3ccccc3F)n2C2CC2)C1=O.